The number of rotatable bonds is 9. The Labute approximate surface area is 263 Å². The summed E-state index contributed by atoms with van der Waals surface area (Å²) in [6.07, 6.45) is 3.85. The fourth-order valence-electron chi connectivity index (χ4n) is 5.28. The van der Waals surface area contributed by atoms with E-state index in [1.54, 1.807) is 75.1 Å². The molecule has 0 aromatic heterocycles. The number of anilines is 1. The number of benzene rings is 2. The Morgan fingerprint density at radius 1 is 1.13 bits per heavy atom. The van der Waals surface area contributed by atoms with Gasteiger partial charge in [0.15, 0.2) is 5.75 Å². The summed E-state index contributed by atoms with van der Waals surface area (Å²) in [6, 6.07) is 11.2. The molecule has 0 bridgehead atoms. The molecule has 2 aliphatic rings. The van der Waals surface area contributed by atoms with Gasteiger partial charge in [-0.05, 0) is 69.5 Å². The predicted molar refractivity (Wildman–Crippen MR) is 167 cm³/mol. The Bertz CT molecular complexity index is 1630. The van der Waals surface area contributed by atoms with Crippen molar-refractivity contribution >= 4 is 39.8 Å². The number of piperidine rings is 1. The molecule has 1 saturated heterocycles. The van der Waals surface area contributed by atoms with E-state index in [9.17, 15) is 28.1 Å². The molecule has 4 rings (SSSR count). The van der Waals surface area contributed by atoms with Crippen LogP contribution in [0, 0.1) is 11.3 Å². The van der Waals surface area contributed by atoms with Gasteiger partial charge in [-0.15, -0.1) is 0 Å². The van der Waals surface area contributed by atoms with Gasteiger partial charge in [-0.25, -0.2) is 13.2 Å². The second-order valence-corrected chi connectivity index (χ2v) is 13.7. The van der Waals surface area contributed by atoms with E-state index < -0.39 is 45.4 Å². The highest BCUT2D eigenvalue weighted by Gasteiger charge is 2.39. The number of ether oxygens (including phenoxy) is 3. The molecule has 1 atom stereocenters. The van der Waals surface area contributed by atoms with Gasteiger partial charge < -0.3 is 24.8 Å². The Hall–Kier alpha value is -4.57. The molecule has 240 valence electrons. The number of hydrogen-bond acceptors (Lipinski definition) is 9. The first-order chi connectivity index (χ1) is 21.2. The van der Waals surface area contributed by atoms with E-state index in [0.717, 1.165) is 4.31 Å². The lowest BCUT2D eigenvalue weighted by molar-refractivity contribution is -0.139. The Morgan fingerprint density at radius 2 is 1.84 bits per heavy atom. The van der Waals surface area contributed by atoms with Gasteiger partial charge in [0.2, 0.25) is 10.0 Å². The summed E-state index contributed by atoms with van der Waals surface area (Å²) in [7, 11) is -4.26. The topological polar surface area (TPSA) is 169 Å². The van der Waals surface area contributed by atoms with Gasteiger partial charge in [0.1, 0.15) is 17.5 Å². The minimum absolute atomic E-state index is 0.00833. The maximum Gasteiger partial charge on any atom is 0.410 e. The third-order valence-corrected chi connectivity index (χ3v) is 8.90. The monoisotopic (exact) mass is 638 g/mol. The maximum absolute atomic E-state index is 13.6. The molecule has 1 unspecified atom stereocenters. The quantitative estimate of drug-likeness (QED) is 0.402. The molecule has 2 N–H and O–H groups in total. The fourth-order valence-corrected chi connectivity index (χ4v) is 6.82. The third-order valence-electron chi connectivity index (χ3n) is 7.23. The van der Waals surface area contributed by atoms with E-state index in [2.05, 4.69) is 6.07 Å². The van der Waals surface area contributed by atoms with Gasteiger partial charge in [-0.1, -0.05) is 24.3 Å². The summed E-state index contributed by atoms with van der Waals surface area (Å²) in [4.78, 5) is 38.9. The van der Waals surface area contributed by atoms with Crippen LogP contribution in [0.2, 0.25) is 0 Å². The number of nitrogens with two attached hydrogens (primary N) is 1. The smallest absolute Gasteiger partial charge is 0.410 e. The van der Waals surface area contributed by atoms with Crippen molar-refractivity contribution in [1.29, 1.82) is 5.26 Å². The van der Waals surface area contributed by atoms with E-state index in [1.165, 1.54) is 6.07 Å². The molecule has 2 heterocycles. The van der Waals surface area contributed by atoms with Crippen molar-refractivity contribution in [1.82, 2.24) is 4.90 Å². The molecular formula is C32H38N4O8S. The van der Waals surface area contributed by atoms with Crippen molar-refractivity contribution in [2.45, 2.75) is 64.7 Å². The molecule has 0 aliphatic carbocycles. The number of primary amides is 1. The number of esters is 1. The van der Waals surface area contributed by atoms with E-state index >= 15 is 0 Å². The standard InChI is InChI=1S/C32H38N4O8S/c1-5-42-29(37)20-45(40,41)36-24(10-9-21-7-6-8-22(15-21)19-33)16-23-17-28(26(30(34)38)18-27(23)36)43-25-11-13-35(14-12-25)31(39)44-32(2,3)4/h6-10,15,17-18,24-25H,5,11-14,16,20H2,1-4H3,(H2,34,38)/b10-9+. The summed E-state index contributed by atoms with van der Waals surface area (Å²) in [5.74, 6) is -2.39. The molecule has 13 heteroatoms. The van der Waals surface area contributed by atoms with Gasteiger partial charge in [0.25, 0.3) is 5.91 Å². The summed E-state index contributed by atoms with van der Waals surface area (Å²) in [5.41, 5.74) is 7.03. The van der Waals surface area contributed by atoms with Crippen molar-refractivity contribution in [3.8, 4) is 11.8 Å². The molecule has 12 nitrogen and oxygen atoms in total. The summed E-state index contributed by atoms with van der Waals surface area (Å²) < 4.78 is 44.9. The van der Waals surface area contributed by atoms with Gasteiger partial charge in [-0.3, -0.25) is 13.9 Å². The van der Waals surface area contributed by atoms with Crippen molar-refractivity contribution in [2.75, 3.05) is 29.8 Å². The van der Waals surface area contributed by atoms with Crippen LogP contribution in [0.1, 0.15) is 67.6 Å². The minimum atomic E-state index is -4.26. The molecule has 2 aliphatic heterocycles. The van der Waals surface area contributed by atoms with Gasteiger partial charge >= 0.3 is 12.1 Å². The zero-order valence-corrected chi connectivity index (χ0v) is 26.6. The van der Waals surface area contributed by atoms with E-state index in [1.807, 2.05) is 0 Å². The van der Waals surface area contributed by atoms with Gasteiger partial charge in [0.05, 0.1) is 35.5 Å². The minimum Gasteiger partial charge on any atom is -0.489 e. The van der Waals surface area contributed by atoms with Crippen LogP contribution >= 0.6 is 0 Å². The number of carbonyl (C=O) groups is 3. The van der Waals surface area contributed by atoms with Crippen LogP contribution in [-0.4, -0.2) is 74.5 Å². The van der Waals surface area contributed by atoms with E-state index in [4.69, 9.17) is 19.9 Å². The third kappa shape index (κ3) is 8.33. The van der Waals surface area contributed by atoms with Crippen molar-refractivity contribution < 1.29 is 37.0 Å². The zero-order chi connectivity index (χ0) is 32.9. The lowest BCUT2D eigenvalue weighted by Crippen LogP contribution is -2.44. The lowest BCUT2D eigenvalue weighted by Gasteiger charge is -2.33. The fraction of sp³-hybridized carbons (Fsp3) is 0.438. The second kappa shape index (κ2) is 13.6. The number of carbonyl (C=O) groups excluding carboxylic acids is 3. The predicted octanol–water partition coefficient (Wildman–Crippen LogP) is 3.77. The van der Waals surface area contributed by atoms with E-state index in [0.29, 0.717) is 42.6 Å². The highest BCUT2D eigenvalue weighted by molar-refractivity contribution is 7.93. The average molecular weight is 639 g/mol. The first-order valence-electron chi connectivity index (χ1n) is 14.7. The number of nitriles is 1. The molecule has 0 spiro atoms. The van der Waals surface area contributed by atoms with Crippen LogP contribution in [-0.2, 0) is 30.7 Å². The highest BCUT2D eigenvalue weighted by atomic mass is 32.2. The molecule has 0 saturated carbocycles. The number of fused-ring (bicyclic) bond motifs is 1. The Balaban J connectivity index is 1.63. The number of amides is 2. The zero-order valence-electron chi connectivity index (χ0n) is 25.8. The Morgan fingerprint density at radius 3 is 2.47 bits per heavy atom. The number of likely N-dealkylation sites (tertiary alicyclic amines) is 1. The normalized spacial score (nSPS) is 17.1. The first-order valence-corrected chi connectivity index (χ1v) is 16.3. The number of nitrogens with zero attached hydrogens (tertiary/aromatic N) is 3. The lowest BCUT2D eigenvalue weighted by atomic mass is 10.0. The number of sulfonamides is 1. The molecule has 45 heavy (non-hydrogen) atoms. The molecule has 2 amide bonds. The van der Waals surface area contributed by atoms with Crippen LogP contribution in [0.25, 0.3) is 6.08 Å². The molecule has 2 aromatic carbocycles. The van der Waals surface area contributed by atoms with Crippen molar-refractivity contribution in [2.24, 2.45) is 5.73 Å². The molecule has 0 radical (unpaired) electrons. The highest BCUT2D eigenvalue weighted by Crippen LogP contribution is 2.40. The maximum atomic E-state index is 13.6. The average Bonchev–Trinajstić information content (AvgIpc) is 3.33. The summed E-state index contributed by atoms with van der Waals surface area (Å²) in [6.45, 7) is 7.80. The second-order valence-electron chi connectivity index (χ2n) is 11.9. The van der Waals surface area contributed by atoms with Crippen LogP contribution in [0.5, 0.6) is 5.75 Å². The van der Waals surface area contributed by atoms with Crippen molar-refractivity contribution in [3.05, 3.63) is 64.7 Å². The van der Waals surface area contributed by atoms with Crippen molar-refractivity contribution in [3.63, 3.8) is 0 Å². The first kappa shape index (κ1) is 33.3. The molecule has 1 fully saturated rings. The van der Waals surface area contributed by atoms with Crippen LogP contribution in [0.15, 0.2) is 42.5 Å². The van der Waals surface area contributed by atoms with Gasteiger partial charge in [0, 0.05) is 25.9 Å². The van der Waals surface area contributed by atoms with Crippen LogP contribution in [0.3, 0.4) is 0 Å². The summed E-state index contributed by atoms with van der Waals surface area (Å²) in [5, 5.41) is 9.25. The molecule has 2 aromatic rings. The number of hydrogen-bond donors (Lipinski definition) is 1. The largest absolute Gasteiger partial charge is 0.489 e. The summed E-state index contributed by atoms with van der Waals surface area (Å²) >= 11 is 0. The van der Waals surface area contributed by atoms with Gasteiger partial charge in [-0.2, -0.15) is 5.26 Å². The van der Waals surface area contributed by atoms with Crippen LogP contribution in [0.4, 0.5) is 10.5 Å². The SMILES string of the molecule is CCOC(=O)CS(=O)(=O)N1c2cc(C(N)=O)c(OC3CCN(C(=O)OC(C)(C)C)CC3)cc2CC1/C=C/c1cccc(C#N)c1. The van der Waals surface area contributed by atoms with Crippen LogP contribution < -0.4 is 14.8 Å². The van der Waals surface area contributed by atoms with E-state index in [-0.39, 0.29) is 36.1 Å². The molecular weight excluding hydrogens is 600 g/mol. The Kier molecular flexibility index (Phi) is 10.1.